The molecule has 26 heavy (non-hydrogen) atoms. The molecule has 0 aromatic heterocycles. The fraction of sp³-hybridized carbons (Fsp3) is 0.350. The van der Waals surface area contributed by atoms with E-state index in [0.717, 1.165) is 29.8 Å². The second-order valence-corrected chi connectivity index (χ2v) is 8.42. The number of hydrogen-bond acceptors (Lipinski definition) is 3. The van der Waals surface area contributed by atoms with Crippen LogP contribution in [0.5, 0.6) is 0 Å². The number of likely N-dealkylation sites (N-methyl/N-ethyl adjacent to an activating group) is 1. The molecule has 2 aromatic carbocycles. The minimum absolute atomic E-state index is 0.384. The molecule has 1 atom stereocenters. The fourth-order valence-corrected chi connectivity index (χ4v) is 3.30. The van der Waals surface area contributed by atoms with Crippen molar-refractivity contribution in [2.24, 2.45) is 0 Å². The molecule has 0 aliphatic heterocycles. The van der Waals surface area contributed by atoms with E-state index in [1.165, 1.54) is 12.6 Å². The highest BCUT2D eigenvalue weighted by Crippen LogP contribution is 2.24. The lowest BCUT2D eigenvalue weighted by molar-refractivity contribution is -0.119. The molecule has 0 saturated carbocycles. The summed E-state index contributed by atoms with van der Waals surface area (Å²) in [6.45, 7) is 2.15. The van der Waals surface area contributed by atoms with Crippen molar-refractivity contribution in [3.63, 3.8) is 0 Å². The standard InChI is InChI=1S/C20H26N2O3S/c1-4-5-9-16-12-14-18(15-13-16)21-20(23)19(22(2)26(3,24)25)17-10-7-6-8-11-17/h6-8,10-15,19H,4-5,9H2,1-3H3,(H,21,23). The van der Waals surface area contributed by atoms with Crippen LogP contribution < -0.4 is 5.32 Å². The van der Waals surface area contributed by atoms with Gasteiger partial charge in [0.1, 0.15) is 6.04 Å². The van der Waals surface area contributed by atoms with Gasteiger partial charge in [0.05, 0.1) is 6.26 Å². The van der Waals surface area contributed by atoms with Gasteiger partial charge in [0.25, 0.3) is 0 Å². The third kappa shape index (κ3) is 5.41. The molecule has 6 heteroatoms. The van der Waals surface area contributed by atoms with E-state index in [2.05, 4.69) is 12.2 Å². The quantitative estimate of drug-likeness (QED) is 0.768. The maximum atomic E-state index is 12.8. The van der Waals surface area contributed by atoms with Crippen molar-refractivity contribution in [3.05, 3.63) is 65.7 Å². The maximum Gasteiger partial charge on any atom is 0.247 e. The number of aryl methyl sites for hydroxylation is 1. The number of nitrogens with one attached hydrogen (secondary N) is 1. The van der Waals surface area contributed by atoms with Crippen LogP contribution in [0.2, 0.25) is 0 Å². The Hall–Kier alpha value is -2.18. The van der Waals surface area contributed by atoms with Gasteiger partial charge in [0.2, 0.25) is 15.9 Å². The van der Waals surface area contributed by atoms with E-state index in [1.807, 2.05) is 30.3 Å². The normalized spacial score (nSPS) is 12.8. The first-order valence-corrected chi connectivity index (χ1v) is 10.6. The van der Waals surface area contributed by atoms with E-state index in [1.54, 1.807) is 24.3 Å². The van der Waals surface area contributed by atoms with Gasteiger partial charge in [-0.3, -0.25) is 4.79 Å². The zero-order valence-corrected chi connectivity index (χ0v) is 16.3. The van der Waals surface area contributed by atoms with Gasteiger partial charge in [-0.15, -0.1) is 0 Å². The fourth-order valence-electron chi connectivity index (χ4n) is 2.70. The first-order chi connectivity index (χ1) is 12.3. The van der Waals surface area contributed by atoms with Gasteiger partial charge < -0.3 is 5.32 Å². The first-order valence-electron chi connectivity index (χ1n) is 8.70. The lowest BCUT2D eigenvalue weighted by atomic mass is 10.1. The molecule has 140 valence electrons. The number of carbonyl (C=O) groups is 1. The molecule has 0 spiro atoms. The number of carbonyl (C=O) groups excluding carboxylic acids is 1. The Kier molecular flexibility index (Phi) is 6.94. The van der Waals surface area contributed by atoms with E-state index in [4.69, 9.17) is 0 Å². The zero-order valence-electron chi connectivity index (χ0n) is 15.5. The van der Waals surface area contributed by atoms with Gasteiger partial charge in [0.15, 0.2) is 0 Å². The van der Waals surface area contributed by atoms with Crippen LogP contribution in [0.3, 0.4) is 0 Å². The van der Waals surface area contributed by atoms with Crippen LogP contribution in [-0.4, -0.2) is 31.9 Å². The van der Waals surface area contributed by atoms with Crippen LogP contribution in [0.25, 0.3) is 0 Å². The van der Waals surface area contributed by atoms with Crippen molar-refractivity contribution < 1.29 is 13.2 Å². The second-order valence-electron chi connectivity index (χ2n) is 6.38. The highest BCUT2D eigenvalue weighted by molar-refractivity contribution is 7.88. The third-order valence-corrected chi connectivity index (χ3v) is 5.55. The lowest BCUT2D eigenvalue weighted by Crippen LogP contribution is -2.38. The smallest absolute Gasteiger partial charge is 0.247 e. The molecule has 2 aromatic rings. The number of nitrogens with zero attached hydrogens (tertiary/aromatic N) is 1. The van der Waals surface area contributed by atoms with Gasteiger partial charge in [-0.25, -0.2) is 8.42 Å². The summed E-state index contributed by atoms with van der Waals surface area (Å²) in [6, 6.07) is 15.7. The topological polar surface area (TPSA) is 66.5 Å². The molecular formula is C20H26N2O3S. The molecule has 2 rings (SSSR count). The van der Waals surface area contributed by atoms with Crippen LogP contribution in [0, 0.1) is 0 Å². The minimum atomic E-state index is -3.53. The van der Waals surface area contributed by atoms with Gasteiger partial charge in [-0.2, -0.15) is 4.31 Å². The highest BCUT2D eigenvalue weighted by Gasteiger charge is 2.30. The molecule has 0 aliphatic rings. The number of sulfonamides is 1. The number of hydrogen-bond donors (Lipinski definition) is 1. The molecule has 0 fully saturated rings. The van der Waals surface area contributed by atoms with Crippen LogP contribution in [-0.2, 0) is 21.2 Å². The predicted octanol–water partition coefficient (Wildman–Crippen LogP) is 3.60. The molecule has 1 amide bonds. The van der Waals surface area contributed by atoms with E-state index in [9.17, 15) is 13.2 Å². The molecule has 5 nitrogen and oxygen atoms in total. The molecule has 0 bridgehead atoms. The van der Waals surface area contributed by atoms with E-state index in [-0.39, 0.29) is 5.91 Å². The van der Waals surface area contributed by atoms with Crippen LogP contribution in [0.15, 0.2) is 54.6 Å². The molecular weight excluding hydrogens is 348 g/mol. The molecule has 0 aliphatic carbocycles. The van der Waals surface area contributed by atoms with Crippen molar-refractivity contribution in [1.82, 2.24) is 4.31 Å². The number of anilines is 1. The molecule has 0 radical (unpaired) electrons. The first kappa shape index (κ1) is 20.1. The van der Waals surface area contributed by atoms with Gasteiger partial charge >= 0.3 is 0 Å². The number of unbranched alkanes of at least 4 members (excludes halogenated alkanes) is 1. The van der Waals surface area contributed by atoms with Crippen molar-refractivity contribution in [3.8, 4) is 0 Å². The van der Waals surface area contributed by atoms with Crippen molar-refractivity contribution in [2.75, 3.05) is 18.6 Å². The summed E-state index contributed by atoms with van der Waals surface area (Å²) in [7, 11) is -2.11. The predicted molar refractivity (Wildman–Crippen MR) is 105 cm³/mol. The van der Waals surface area contributed by atoms with Gasteiger partial charge in [0, 0.05) is 12.7 Å². The summed E-state index contributed by atoms with van der Waals surface area (Å²) < 4.78 is 25.1. The van der Waals surface area contributed by atoms with Crippen molar-refractivity contribution in [1.29, 1.82) is 0 Å². The summed E-state index contributed by atoms with van der Waals surface area (Å²) in [4.78, 5) is 12.8. The zero-order chi connectivity index (χ0) is 19.2. The average Bonchev–Trinajstić information content (AvgIpc) is 2.61. The Bertz CT molecular complexity index is 818. The summed E-state index contributed by atoms with van der Waals surface area (Å²) >= 11 is 0. The van der Waals surface area contributed by atoms with E-state index >= 15 is 0 Å². The molecule has 0 saturated heterocycles. The maximum absolute atomic E-state index is 12.8. The highest BCUT2D eigenvalue weighted by atomic mass is 32.2. The number of rotatable bonds is 8. The Morgan fingerprint density at radius 1 is 1.08 bits per heavy atom. The molecule has 0 heterocycles. The largest absolute Gasteiger partial charge is 0.324 e. The van der Waals surface area contributed by atoms with Crippen LogP contribution in [0.1, 0.15) is 36.9 Å². The Labute approximate surface area is 156 Å². The van der Waals surface area contributed by atoms with Crippen LogP contribution >= 0.6 is 0 Å². The van der Waals surface area contributed by atoms with E-state index < -0.39 is 16.1 Å². The molecule has 1 unspecified atom stereocenters. The minimum Gasteiger partial charge on any atom is -0.324 e. The SMILES string of the molecule is CCCCc1ccc(NC(=O)C(c2ccccc2)N(C)S(C)(=O)=O)cc1. The van der Waals surface area contributed by atoms with Gasteiger partial charge in [-0.05, 0) is 36.1 Å². The third-order valence-electron chi connectivity index (χ3n) is 4.29. The average molecular weight is 375 g/mol. The Balaban J connectivity index is 2.21. The summed E-state index contributed by atoms with van der Waals surface area (Å²) in [6.07, 6.45) is 4.36. The summed E-state index contributed by atoms with van der Waals surface area (Å²) in [5.41, 5.74) is 2.49. The van der Waals surface area contributed by atoms with Crippen molar-refractivity contribution >= 4 is 21.6 Å². The summed E-state index contributed by atoms with van der Waals surface area (Å²) in [5, 5.41) is 2.83. The number of amides is 1. The Morgan fingerprint density at radius 2 is 1.69 bits per heavy atom. The second kappa shape index (κ2) is 8.96. The number of benzene rings is 2. The van der Waals surface area contributed by atoms with E-state index in [0.29, 0.717) is 11.3 Å². The Morgan fingerprint density at radius 3 is 2.23 bits per heavy atom. The van der Waals surface area contributed by atoms with Crippen molar-refractivity contribution in [2.45, 2.75) is 32.2 Å². The van der Waals surface area contributed by atoms with Gasteiger partial charge in [-0.1, -0.05) is 55.8 Å². The lowest BCUT2D eigenvalue weighted by Gasteiger charge is -2.25. The monoisotopic (exact) mass is 374 g/mol. The summed E-state index contributed by atoms with van der Waals surface area (Å²) in [5.74, 6) is -0.384. The van der Waals surface area contributed by atoms with Crippen LogP contribution in [0.4, 0.5) is 5.69 Å². The molecule has 1 N–H and O–H groups in total.